The molecule has 1 amide bonds. The lowest BCUT2D eigenvalue weighted by molar-refractivity contribution is -0.135. The van der Waals surface area contributed by atoms with Gasteiger partial charge in [-0.3, -0.25) is 4.79 Å². The number of carbonyl (C=O) groups is 1. The molecule has 3 nitrogen and oxygen atoms in total. The van der Waals surface area contributed by atoms with E-state index in [9.17, 15) is 18.0 Å². The van der Waals surface area contributed by atoms with E-state index >= 15 is 0 Å². The highest BCUT2D eigenvalue weighted by molar-refractivity contribution is 5.77. The standard InChI is InChI=1S/C15H18F3NO2/c1-10-15-11(3-2-4-12(15)16)5-7-19(10)14(20)6-8-21-9-13(17)18/h2-4,10,13H,5-9H2,1H3/t10-/m1/s1. The van der Waals surface area contributed by atoms with Crippen LogP contribution in [0.2, 0.25) is 0 Å². The van der Waals surface area contributed by atoms with Gasteiger partial charge in [-0.25, -0.2) is 13.2 Å². The van der Waals surface area contributed by atoms with E-state index < -0.39 is 13.0 Å². The van der Waals surface area contributed by atoms with Gasteiger partial charge in [-0.2, -0.15) is 0 Å². The molecule has 116 valence electrons. The molecule has 6 heteroatoms. The van der Waals surface area contributed by atoms with Crippen LogP contribution in [0.3, 0.4) is 0 Å². The van der Waals surface area contributed by atoms with Gasteiger partial charge in [-0.1, -0.05) is 12.1 Å². The molecule has 1 aromatic rings. The minimum Gasteiger partial charge on any atom is -0.375 e. The minimum atomic E-state index is -2.53. The predicted octanol–water partition coefficient (Wildman–Crippen LogP) is 2.94. The van der Waals surface area contributed by atoms with Crippen molar-refractivity contribution in [1.29, 1.82) is 0 Å². The number of carbonyl (C=O) groups excluding carboxylic acids is 1. The monoisotopic (exact) mass is 301 g/mol. The molecule has 0 bridgehead atoms. The van der Waals surface area contributed by atoms with E-state index in [1.807, 2.05) is 6.07 Å². The summed E-state index contributed by atoms with van der Waals surface area (Å²) in [6.07, 6.45) is -1.91. The molecule has 0 saturated carbocycles. The van der Waals surface area contributed by atoms with Crippen LogP contribution in [0.15, 0.2) is 18.2 Å². The summed E-state index contributed by atoms with van der Waals surface area (Å²) in [5, 5.41) is 0. The quantitative estimate of drug-likeness (QED) is 0.783. The van der Waals surface area contributed by atoms with Gasteiger partial charge in [0.25, 0.3) is 6.43 Å². The second-order valence-corrected chi connectivity index (χ2v) is 5.04. The summed E-state index contributed by atoms with van der Waals surface area (Å²) in [4.78, 5) is 13.7. The second-order valence-electron chi connectivity index (χ2n) is 5.04. The van der Waals surface area contributed by atoms with Gasteiger partial charge in [0.15, 0.2) is 0 Å². The van der Waals surface area contributed by atoms with E-state index in [0.29, 0.717) is 18.5 Å². The lowest BCUT2D eigenvalue weighted by Crippen LogP contribution is -2.39. The minimum absolute atomic E-state index is 0.0286. The van der Waals surface area contributed by atoms with Gasteiger partial charge < -0.3 is 9.64 Å². The van der Waals surface area contributed by atoms with Crippen molar-refractivity contribution in [2.75, 3.05) is 19.8 Å². The highest BCUT2D eigenvalue weighted by Gasteiger charge is 2.29. The van der Waals surface area contributed by atoms with E-state index in [1.54, 1.807) is 17.9 Å². The number of rotatable bonds is 5. The summed E-state index contributed by atoms with van der Waals surface area (Å²) in [7, 11) is 0. The molecule has 1 aromatic carbocycles. The van der Waals surface area contributed by atoms with Crippen molar-refractivity contribution >= 4 is 5.91 Å². The van der Waals surface area contributed by atoms with Crippen LogP contribution in [-0.4, -0.2) is 37.0 Å². The Morgan fingerprint density at radius 3 is 2.95 bits per heavy atom. The fourth-order valence-corrected chi connectivity index (χ4v) is 2.67. The number of benzene rings is 1. The van der Waals surface area contributed by atoms with E-state index in [-0.39, 0.29) is 30.8 Å². The SMILES string of the molecule is C[C@@H]1c2c(F)cccc2CCN1C(=O)CCOCC(F)F. The molecule has 0 N–H and O–H groups in total. The number of amides is 1. The lowest BCUT2D eigenvalue weighted by Gasteiger charge is -2.35. The summed E-state index contributed by atoms with van der Waals surface area (Å²) in [5.74, 6) is -0.517. The molecule has 1 aliphatic rings. The van der Waals surface area contributed by atoms with E-state index in [4.69, 9.17) is 4.74 Å². The fourth-order valence-electron chi connectivity index (χ4n) is 2.67. The Hall–Kier alpha value is -1.56. The zero-order chi connectivity index (χ0) is 15.4. The Kier molecular flexibility index (Phi) is 5.22. The molecule has 0 spiro atoms. The first-order chi connectivity index (χ1) is 10.0. The van der Waals surface area contributed by atoms with Gasteiger partial charge in [0.05, 0.1) is 19.1 Å². The molecule has 1 atom stereocenters. The number of hydrogen-bond acceptors (Lipinski definition) is 2. The number of hydrogen-bond donors (Lipinski definition) is 0. The number of ether oxygens (including phenoxy) is 1. The lowest BCUT2D eigenvalue weighted by atomic mass is 9.93. The summed E-state index contributed by atoms with van der Waals surface area (Å²) in [6.45, 7) is 1.57. The van der Waals surface area contributed by atoms with Gasteiger partial charge in [0, 0.05) is 12.1 Å². The van der Waals surface area contributed by atoms with Crippen LogP contribution in [0.1, 0.15) is 30.5 Å². The summed E-state index contributed by atoms with van der Waals surface area (Å²) < 4.78 is 42.5. The first kappa shape index (κ1) is 15.8. The topological polar surface area (TPSA) is 29.5 Å². The predicted molar refractivity (Wildman–Crippen MR) is 71.7 cm³/mol. The highest BCUT2D eigenvalue weighted by atomic mass is 19.3. The highest BCUT2D eigenvalue weighted by Crippen LogP contribution is 2.31. The molecule has 0 radical (unpaired) electrons. The number of alkyl halides is 2. The third kappa shape index (κ3) is 3.75. The third-order valence-corrected chi connectivity index (χ3v) is 3.67. The molecular weight excluding hydrogens is 283 g/mol. The van der Waals surface area contributed by atoms with Gasteiger partial charge in [-0.05, 0) is 25.0 Å². The normalized spacial score (nSPS) is 18.0. The summed E-state index contributed by atoms with van der Waals surface area (Å²) in [5.41, 5.74) is 1.46. The first-order valence-electron chi connectivity index (χ1n) is 6.93. The maximum absolute atomic E-state index is 13.9. The van der Waals surface area contributed by atoms with Crippen molar-refractivity contribution in [2.45, 2.75) is 32.2 Å². The molecule has 0 fully saturated rings. The molecule has 0 aliphatic carbocycles. The van der Waals surface area contributed by atoms with Crippen LogP contribution in [0.25, 0.3) is 0 Å². The molecule has 0 saturated heterocycles. The fraction of sp³-hybridized carbons (Fsp3) is 0.533. The molecule has 1 heterocycles. The molecular formula is C15H18F3NO2. The van der Waals surface area contributed by atoms with E-state index in [2.05, 4.69) is 0 Å². The van der Waals surface area contributed by atoms with Crippen LogP contribution in [0.4, 0.5) is 13.2 Å². The maximum atomic E-state index is 13.9. The number of halogens is 3. The average molecular weight is 301 g/mol. The summed E-state index contributed by atoms with van der Waals surface area (Å²) >= 11 is 0. The van der Waals surface area contributed by atoms with Crippen molar-refractivity contribution in [3.63, 3.8) is 0 Å². The van der Waals surface area contributed by atoms with Gasteiger partial charge >= 0.3 is 0 Å². The molecule has 1 aliphatic heterocycles. The second kappa shape index (κ2) is 6.93. The van der Waals surface area contributed by atoms with Gasteiger partial charge in [0.2, 0.25) is 5.91 Å². The average Bonchev–Trinajstić information content (AvgIpc) is 2.43. The first-order valence-corrected chi connectivity index (χ1v) is 6.93. The van der Waals surface area contributed by atoms with Crippen molar-refractivity contribution in [3.05, 3.63) is 35.1 Å². The molecule has 0 aromatic heterocycles. The maximum Gasteiger partial charge on any atom is 0.261 e. The third-order valence-electron chi connectivity index (χ3n) is 3.67. The Morgan fingerprint density at radius 2 is 2.24 bits per heavy atom. The van der Waals surface area contributed by atoms with Crippen LogP contribution in [0.5, 0.6) is 0 Å². The van der Waals surface area contributed by atoms with Crippen molar-refractivity contribution < 1.29 is 22.7 Å². The van der Waals surface area contributed by atoms with Gasteiger partial charge in [-0.15, -0.1) is 0 Å². The van der Waals surface area contributed by atoms with Crippen LogP contribution in [0, 0.1) is 5.82 Å². The number of fused-ring (bicyclic) bond motifs is 1. The van der Waals surface area contributed by atoms with Gasteiger partial charge in [0.1, 0.15) is 12.4 Å². The van der Waals surface area contributed by atoms with Crippen molar-refractivity contribution in [1.82, 2.24) is 4.90 Å². The van der Waals surface area contributed by atoms with Crippen molar-refractivity contribution in [2.24, 2.45) is 0 Å². The molecule has 21 heavy (non-hydrogen) atoms. The van der Waals surface area contributed by atoms with Crippen LogP contribution in [-0.2, 0) is 16.0 Å². The zero-order valence-corrected chi connectivity index (χ0v) is 11.8. The Bertz CT molecular complexity index is 508. The van der Waals surface area contributed by atoms with E-state index in [0.717, 1.165) is 5.56 Å². The smallest absolute Gasteiger partial charge is 0.261 e. The van der Waals surface area contributed by atoms with Crippen LogP contribution < -0.4 is 0 Å². The largest absolute Gasteiger partial charge is 0.375 e. The Morgan fingerprint density at radius 1 is 1.48 bits per heavy atom. The number of nitrogens with zero attached hydrogens (tertiary/aromatic N) is 1. The van der Waals surface area contributed by atoms with E-state index in [1.165, 1.54) is 6.07 Å². The Balaban J connectivity index is 1.96. The Labute approximate surface area is 121 Å². The van der Waals surface area contributed by atoms with Crippen molar-refractivity contribution in [3.8, 4) is 0 Å². The summed E-state index contributed by atoms with van der Waals surface area (Å²) in [6, 6.07) is 4.56. The van der Waals surface area contributed by atoms with Crippen LogP contribution >= 0.6 is 0 Å². The molecule has 0 unspecified atom stereocenters. The molecule has 2 rings (SSSR count). The zero-order valence-electron chi connectivity index (χ0n) is 11.8.